The second kappa shape index (κ2) is 12.5. The fraction of sp³-hybridized carbons (Fsp3) is 0.480. The molecule has 0 amide bonds. The number of aromatic nitrogens is 2. The summed E-state index contributed by atoms with van der Waals surface area (Å²) in [6.45, 7) is 4.04. The lowest BCUT2D eigenvalue weighted by atomic mass is 9.95. The Balaban J connectivity index is 1.80. The minimum absolute atomic E-state index is 0.0860. The number of aliphatic hydroxyl groups is 2. The molecule has 0 aliphatic carbocycles. The fourth-order valence-corrected chi connectivity index (χ4v) is 5.05. The number of hydrogen-bond donors (Lipinski definition) is 4. The van der Waals surface area contributed by atoms with Gasteiger partial charge in [-0.2, -0.15) is 5.09 Å². The van der Waals surface area contributed by atoms with E-state index in [0.717, 1.165) is 16.8 Å². The quantitative estimate of drug-likeness (QED) is 0.153. The molecular formula is C25H32N3O11P. The highest BCUT2D eigenvalue weighted by molar-refractivity contribution is 7.52. The third kappa shape index (κ3) is 7.26. The van der Waals surface area contributed by atoms with Crippen molar-refractivity contribution in [2.45, 2.75) is 56.5 Å². The van der Waals surface area contributed by atoms with Gasteiger partial charge in [-0.1, -0.05) is 24.1 Å². The number of para-hydroxylation sites is 1. The van der Waals surface area contributed by atoms with Gasteiger partial charge in [0.1, 0.15) is 30.6 Å². The summed E-state index contributed by atoms with van der Waals surface area (Å²) in [5, 5.41) is 24.2. The van der Waals surface area contributed by atoms with Crippen LogP contribution in [0.1, 0.15) is 27.0 Å². The van der Waals surface area contributed by atoms with Crippen molar-refractivity contribution in [3.8, 4) is 18.1 Å². The Bertz CT molecular complexity index is 1390. The van der Waals surface area contributed by atoms with Gasteiger partial charge in [0.2, 0.25) is 0 Å². The monoisotopic (exact) mass is 581 g/mol. The molecule has 2 heterocycles. The zero-order chi connectivity index (χ0) is 29.7. The van der Waals surface area contributed by atoms with Gasteiger partial charge in [-0.05, 0) is 32.9 Å². The molecular weight excluding hydrogens is 549 g/mol. The summed E-state index contributed by atoms with van der Waals surface area (Å²) >= 11 is 0. The number of nitrogens with one attached hydrogen (secondary N) is 2. The minimum atomic E-state index is -4.38. The molecule has 2 aromatic rings. The molecule has 40 heavy (non-hydrogen) atoms. The molecule has 15 heteroatoms. The van der Waals surface area contributed by atoms with Gasteiger partial charge in [0.05, 0.1) is 12.2 Å². The average Bonchev–Trinajstić information content (AvgIpc) is 3.16. The second-order valence-electron chi connectivity index (χ2n) is 9.58. The number of aliphatic hydroxyl groups excluding tert-OH is 1. The van der Waals surface area contributed by atoms with Crippen LogP contribution in [0.2, 0.25) is 0 Å². The maximum Gasteiger partial charge on any atom is 0.459 e. The molecule has 6 atom stereocenters. The highest BCUT2D eigenvalue weighted by atomic mass is 31.2. The van der Waals surface area contributed by atoms with Gasteiger partial charge >= 0.3 is 19.4 Å². The van der Waals surface area contributed by atoms with Gasteiger partial charge in [-0.3, -0.25) is 23.7 Å². The highest BCUT2D eigenvalue weighted by Gasteiger charge is 2.56. The topological polar surface area (TPSA) is 188 Å². The van der Waals surface area contributed by atoms with E-state index in [1.54, 1.807) is 32.0 Å². The standard InChI is InChI=1S/C25H32N3O11P/c1-6-25(33)20(30)18(38-22(25)28-13-12-19(29)26-23(28)32)14-37-40(34,39-17-10-8-7-9-11-17)27-16(2)21(31)36-15-24(3,4)35-5/h1,7-13,16,18,20,22,30,33H,14-15H2,2-5H3,(H,27,34)(H,26,29,32)/t16-,18?,20+,22+,25+,40?/m0/s1. The first-order chi connectivity index (χ1) is 18.7. The van der Waals surface area contributed by atoms with E-state index in [-0.39, 0.29) is 12.4 Å². The lowest BCUT2D eigenvalue weighted by molar-refractivity contribution is -0.153. The summed E-state index contributed by atoms with van der Waals surface area (Å²) in [5.41, 5.74) is -4.85. The van der Waals surface area contributed by atoms with Crippen molar-refractivity contribution in [1.82, 2.24) is 14.6 Å². The van der Waals surface area contributed by atoms with Crippen molar-refractivity contribution >= 4 is 13.7 Å². The third-order valence-electron chi connectivity index (χ3n) is 6.02. The van der Waals surface area contributed by atoms with E-state index in [4.69, 9.17) is 29.7 Å². The molecule has 218 valence electrons. The average molecular weight is 582 g/mol. The van der Waals surface area contributed by atoms with E-state index in [1.165, 1.54) is 26.2 Å². The lowest BCUT2D eigenvalue weighted by Crippen LogP contribution is -2.48. The Morgan fingerprint density at radius 1 is 1.32 bits per heavy atom. The number of aromatic amines is 1. The molecule has 0 spiro atoms. The van der Waals surface area contributed by atoms with Crippen LogP contribution in [0.25, 0.3) is 0 Å². The Kier molecular flexibility index (Phi) is 9.76. The molecule has 2 unspecified atom stereocenters. The number of nitrogens with zero attached hydrogens (tertiary/aromatic N) is 1. The number of ether oxygens (including phenoxy) is 3. The summed E-state index contributed by atoms with van der Waals surface area (Å²) in [6.07, 6.45) is 1.61. The molecule has 14 nitrogen and oxygen atoms in total. The molecule has 1 fully saturated rings. The number of H-pyrrole nitrogens is 1. The molecule has 1 saturated heterocycles. The van der Waals surface area contributed by atoms with E-state index in [2.05, 4.69) is 5.09 Å². The minimum Gasteiger partial charge on any atom is -0.461 e. The summed E-state index contributed by atoms with van der Waals surface area (Å²) in [7, 11) is -2.92. The highest BCUT2D eigenvalue weighted by Crippen LogP contribution is 2.46. The van der Waals surface area contributed by atoms with Crippen molar-refractivity contribution in [2.75, 3.05) is 20.3 Å². The molecule has 0 saturated carbocycles. The van der Waals surface area contributed by atoms with E-state index < -0.39 is 67.3 Å². The van der Waals surface area contributed by atoms with E-state index in [0.29, 0.717) is 0 Å². The maximum absolute atomic E-state index is 13.8. The molecule has 0 radical (unpaired) electrons. The fourth-order valence-electron chi connectivity index (χ4n) is 3.55. The van der Waals surface area contributed by atoms with Gasteiger partial charge in [0.25, 0.3) is 5.56 Å². The predicted molar refractivity (Wildman–Crippen MR) is 140 cm³/mol. The molecule has 1 aliphatic rings. The Hall–Kier alpha value is -3.28. The van der Waals surface area contributed by atoms with Crippen LogP contribution in [0, 0.1) is 12.3 Å². The van der Waals surface area contributed by atoms with Crippen LogP contribution in [-0.4, -0.2) is 75.5 Å². The summed E-state index contributed by atoms with van der Waals surface area (Å²) < 4.78 is 41.7. The van der Waals surface area contributed by atoms with Gasteiger partial charge in [0.15, 0.2) is 11.8 Å². The first-order valence-corrected chi connectivity index (χ1v) is 13.6. The summed E-state index contributed by atoms with van der Waals surface area (Å²) in [5.74, 6) is 1.37. The van der Waals surface area contributed by atoms with E-state index >= 15 is 0 Å². The molecule has 1 aliphatic heterocycles. The normalized spacial score (nSPS) is 25.0. The van der Waals surface area contributed by atoms with Crippen LogP contribution in [0.3, 0.4) is 0 Å². The first-order valence-electron chi connectivity index (χ1n) is 12.1. The van der Waals surface area contributed by atoms with Gasteiger partial charge in [-0.25, -0.2) is 9.36 Å². The number of carbonyl (C=O) groups excluding carboxylic acids is 1. The Labute approximate surface area is 229 Å². The van der Waals surface area contributed by atoms with Crippen LogP contribution in [0.5, 0.6) is 5.75 Å². The van der Waals surface area contributed by atoms with Crippen LogP contribution >= 0.6 is 7.75 Å². The summed E-state index contributed by atoms with van der Waals surface area (Å²) in [6, 6.07) is 7.74. The van der Waals surface area contributed by atoms with Crippen LogP contribution in [-0.2, 0) is 28.1 Å². The van der Waals surface area contributed by atoms with E-state index in [1.807, 2.05) is 10.9 Å². The number of benzene rings is 1. The molecule has 0 bridgehead atoms. The molecule has 1 aromatic carbocycles. The zero-order valence-electron chi connectivity index (χ0n) is 22.3. The maximum atomic E-state index is 13.8. The van der Waals surface area contributed by atoms with Gasteiger partial charge in [-0.15, -0.1) is 6.42 Å². The van der Waals surface area contributed by atoms with E-state index in [9.17, 15) is 29.2 Å². The number of rotatable bonds is 12. The summed E-state index contributed by atoms with van der Waals surface area (Å²) in [4.78, 5) is 38.3. The molecule has 1 aromatic heterocycles. The molecule has 3 rings (SSSR count). The van der Waals surface area contributed by atoms with Crippen molar-refractivity contribution in [3.63, 3.8) is 0 Å². The van der Waals surface area contributed by atoms with Gasteiger partial charge in [0, 0.05) is 19.4 Å². The third-order valence-corrected chi connectivity index (χ3v) is 7.66. The van der Waals surface area contributed by atoms with Gasteiger partial charge < -0.3 is 28.9 Å². The smallest absolute Gasteiger partial charge is 0.459 e. The van der Waals surface area contributed by atoms with Crippen molar-refractivity contribution in [1.29, 1.82) is 0 Å². The SMILES string of the molecule is C#C[C@@]1(O)[C@H](O)C(COP(=O)(N[C@@H](C)C(=O)OCC(C)(C)OC)Oc2ccccc2)O[C@H]1n1ccc(=O)[nH]c1=O. The van der Waals surface area contributed by atoms with Crippen LogP contribution in [0.15, 0.2) is 52.2 Å². The largest absolute Gasteiger partial charge is 0.461 e. The van der Waals surface area contributed by atoms with Crippen molar-refractivity contribution in [3.05, 3.63) is 63.4 Å². The number of esters is 1. The Morgan fingerprint density at radius 3 is 2.60 bits per heavy atom. The lowest BCUT2D eigenvalue weighted by Gasteiger charge is -2.27. The van der Waals surface area contributed by atoms with Crippen molar-refractivity contribution < 1.29 is 42.8 Å². The predicted octanol–water partition coefficient (Wildman–Crippen LogP) is 0.309. The number of carbonyl (C=O) groups is 1. The second-order valence-corrected chi connectivity index (χ2v) is 11.3. The number of hydrogen-bond acceptors (Lipinski definition) is 11. The van der Waals surface area contributed by atoms with Crippen molar-refractivity contribution in [2.24, 2.45) is 0 Å². The molecule has 4 N–H and O–H groups in total. The first kappa shape index (κ1) is 31.3. The number of terminal acetylenes is 1. The zero-order valence-corrected chi connectivity index (χ0v) is 23.2. The van der Waals surface area contributed by atoms with Crippen LogP contribution in [0.4, 0.5) is 0 Å². The Morgan fingerprint density at radius 2 is 2.00 bits per heavy atom. The number of methoxy groups -OCH3 is 1. The van der Waals surface area contributed by atoms with Crippen LogP contribution < -0.4 is 20.9 Å².